The standard InChI is InChI=1S/C21H25NO4/c1-15-12-22(13-16(2)26-15)21(23)18-10-8-17(9-11-18)14-25-20-7-5-4-6-19(20)24-3/h4-11,15-16H,12-14H2,1-3H3. The van der Waals surface area contributed by atoms with Crippen molar-refractivity contribution in [3.8, 4) is 11.5 Å². The molecule has 1 saturated heterocycles. The summed E-state index contributed by atoms with van der Waals surface area (Å²) in [5, 5.41) is 0. The summed E-state index contributed by atoms with van der Waals surface area (Å²) in [6.07, 6.45) is 0.132. The Morgan fingerprint density at radius 1 is 1.04 bits per heavy atom. The predicted octanol–water partition coefficient (Wildman–Crippen LogP) is 3.52. The minimum atomic E-state index is 0.0456. The number of hydrogen-bond acceptors (Lipinski definition) is 4. The normalized spacial score (nSPS) is 19.9. The Kier molecular flexibility index (Phi) is 5.78. The molecule has 0 N–H and O–H groups in total. The summed E-state index contributed by atoms with van der Waals surface area (Å²) in [5.74, 6) is 1.45. The molecule has 1 aliphatic heterocycles. The second kappa shape index (κ2) is 8.23. The fourth-order valence-corrected chi connectivity index (χ4v) is 3.17. The Hall–Kier alpha value is -2.53. The van der Waals surface area contributed by atoms with Crippen LogP contribution >= 0.6 is 0 Å². The fraction of sp³-hybridized carbons (Fsp3) is 0.381. The molecule has 0 aliphatic carbocycles. The predicted molar refractivity (Wildman–Crippen MR) is 99.7 cm³/mol. The van der Waals surface area contributed by atoms with Crippen LogP contribution in [0.3, 0.4) is 0 Å². The van der Waals surface area contributed by atoms with E-state index in [-0.39, 0.29) is 18.1 Å². The van der Waals surface area contributed by atoms with Gasteiger partial charge in [0.1, 0.15) is 6.61 Å². The number of amides is 1. The Labute approximate surface area is 154 Å². The van der Waals surface area contributed by atoms with E-state index in [2.05, 4.69) is 0 Å². The second-order valence-electron chi connectivity index (χ2n) is 6.60. The molecule has 2 aromatic carbocycles. The molecule has 5 heteroatoms. The lowest BCUT2D eigenvalue weighted by Gasteiger charge is -2.35. The first-order valence-corrected chi connectivity index (χ1v) is 8.86. The van der Waals surface area contributed by atoms with Crippen molar-refractivity contribution in [2.24, 2.45) is 0 Å². The largest absolute Gasteiger partial charge is 0.493 e. The lowest BCUT2D eigenvalue weighted by molar-refractivity contribution is -0.0586. The van der Waals surface area contributed by atoms with Gasteiger partial charge in [0, 0.05) is 18.7 Å². The molecule has 26 heavy (non-hydrogen) atoms. The van der Waals surface area contributed by atoms with Gasteiger partial charge >= 0.3 is 0 Å². The maximum atomic E-state index is 12.7. The van der Waals surface area contributed by atoms with Gasteiger partial charge in [-0.05, 0) is 43.7 Å². The molecular weight excluding hydrogens is 330 g/mol. The third-order valence-electron chi connectivity index (χ3n) is 4.37. The summed E-state index contributed by atoms with van der Waals surface area (Å²) < 4.78 is 16.8. The van der Waals surface area contributed by atoms with Gasteiger partial charge in [-0.25, -0.2) is 0 Å². The Morgan fingerprint density at radius 3 is 2.27 bits per heavy atom. The molecule has 0 spiro atoms. The van der Waals surface area contributed by atoms with Gasteiger partial charge in [-0.15, -0.1) is 0 Å². The molecule has 5 nitrogen and oxygen atoms in total. The quantitative estimate of drug-likeness (QED) is 0.823. The number of carbonyl (C=O) groups is 1. The van der Waals surface area contributed by atoms with Crippen molar-refractivity contribution >= 4 is 5.91 Å². The molecule has 3 rings (SSSR count). The van der Waals surface area contributed by atoms with Gasteiger partial charge in [-0.3, -0.25) is 4.79 Å². The number of para-hydroxylation sites is 2. The van der Waals surface area contributed by atoms with Crippen molar-refractivity contribution in [1.29, 1.82) is 0 Å². The van der Waals surface area contributed by atoms with E-state index in [4.69, 9.17) is 14.2 Å². The zero-order valence-electron chi connectivity index (χ0n) is 15.5. The first-order valence-electron chi connectivity index (χ1n) is 8.86. The van der Waals surface area contributed by atoms with Crippen LogP contribution in [0.25, 0.3) is 0 Å². The molecule has 1 fully saturated rings. The lowest BCUT2D eigenvalue weighted by Crippen LogP contribution is -2.48. The van der Waals surface area contributed by atoms with Crippen LogP contribution in [0.15, 0.2) is 48.5 Å². The molecule has 1 heterocycles. The highest BCUT2D eigenvalue weighted by molar-refractivity contribution is 5.94. The molecule has 138 valence electrons. The maximum absolute atomic E-state index is 12.7. The highest BCUT2D eigenvalue weighted by Gasteiger charge is 2.26. The number of rotatable bonds is 5. The summed E-state index contributed by atoms with van der Waals surface area (Å²) in [4.78, 5) is 14.5. The summed E-state index contributed by atoms with van der Waals surface area (Å²) in [7, 11) is 1.62. The van der Waals surface area contributed by atoms with Gasteiger partial charge in [-0.1, -0.05) is 24.3 Å². The van der Waals surface area contributed by atoms with E-state index in [9.17, 15) is 4.79 Å². The van der Waals surface area contributed by atoms with Crippen LogP contribution in [0.1, 0.15) is 29.8 Å². The van der Waals surface area contributed by atoms with Crippen LogP contribution < -0.4 is 9.47 Å². The van der Waals surface area contributed by atoms with E-state index >= 15 is 0 Å². The van der Waals surface area contributed by atoms with Gasteiger partial charge in [0.2, 0.25) is 0 Å². The SMILES string of the molecule is COc1ccccc1OCc1ccc(C(=O)N2CC(C)OC(C)C2)cc1. The first-order chi connectivity index (χ1) is 12.6. The summed E-state index contributed by atoms with van der Waals surface area (Å²) in [6, 6.07) is 15.1. The highest BCUT2D eigenvalue weighted by atomic mass is 16.5. The van der Waals surface area contributed by atoms with Gasteiger partial charge in [0.05, 0.1) is 19.3 Å². The number of benzene rings is 2. The molecule has 0 radical (unpaired) electrons. The zero-order chi connectivity index (χ0) is 18.5. The van der Waals surface area contributed by atoms with Crippen molar-refractivity contribution in [2.45, 2.75) is 32.7 Å². The van der Waals surface area contributed by atoms with Crippen LogP contribution in [0.5, 0.6) is 11.5 Å². The summed E-state index contributed by atoms with van der Waals surface area (Å²) in [6.45, 7) is 5.66. The van der Waals surface area contributed by atoms with Crippen LogP contribution in [0.4, 0.5) is 0 Å². The lowest BCUT2D eigenvalue weighted by atomic mass is 10.1. The molecule has 1 aliphatic rings. The third-order valence-corrected chi connectivity index (χ3v) is 4.37. The average Bonchev–Trinajstić information content (AvgIpc) is 2.65. The molecule has 1 amide bonds. The van der Waals surface area contributed by atoms with Crippen molar-refractivity contribution in [2.75, 3.05) is 20.2 Å². The first kappa shape index (κ1) is 18.3. The minimum absolute atomic E-state index is 0.0456. The third kappa shape index (κ3) is 4.35. The van der Waals surface area contributed by atoms with E-state index < -0.39 is 0 Å². The minimum Gasteiger partial charge on any atom is -0.493 e. The Balaban J connectivity index is 1.62. The number of hydrogen-bond donors (Lipinski definition) is 0. The van der Waals surface area contributed by atoms with Gasteiger partial charge in [-0.2, -0.15) is 0 Å². The highest BCUT2D eigenvalue weighted by Crippen LogP contribution is 2.26. The topological polar surface area (TPSA) is 48.0 Å². The number of morpholine rings is 1. The number of ether oxygens (including phenoxy) is 3. The number of carbonyl (C=O) groups excluding carboxylic acids is 1. The van der Waals surface area contributed by atoms with Crippen molar-refractivity contribution < 1.29 is 19.0 Å². The van der Waals surface area contributed by atoms with E-state index in [0.717, 1.165) is 5.56 Å². The number of methoxy groups -OCH3 is 1. The van der Waals surface area contributed by atoms with Gasteiger partial charge in [0.15, 0.2) is 11.5 Å². The Bertz CT molecular complexity index is 734. The maximum Gasteiger partial charge on any atom is 0.254 e. The monoisotopic (exact) mass is 355 g/mol. The molecule has 0 saturated carbocycles. The van der Waals surface area contributed by atoms with Gasteiger partial charge in [0.25, 0.3) is 5.91 Å². The number of nitrogens with zero attached hydrogens (tertiary/aromatic N) is 1. The molecule has 0 aromatic heterocycles. The van der Waals surface area contributed by atoms with E-state index in [0.29, 0.717) is 36.8 Å². The van der Waals surface area contributed by atoms with Gasteiger partial charge < -0.3 is 19.1 Å². The molecular formula is C21H25NO4. The Morgan fingerprint density at radius 2 is 1.65 bits per heavy atom. The van der Waals surface area contributed by atoms with Crippen LogP contribution in [-0.4, -0.2) is 43.2 Å². The molecule has 2 unspecified atom stereocenters. The molecule has 2 aromatic rings. The van der Waals surface area contributed by atoms with Crippen LogP contribution in [-0.2, 0) is 11.3 Å². The molecule has 2 atom stereocenters. The van der Waals surface area contributed by atoms with Crippen molar-refractivity contribution in [3.05, 3.63) is 59.7 Å². The average molecular weight is 355 g/mol. The van der Waals surface area contributed by atoms with Crippen molar-refractivity contribution in [3.63, 3.8) is 0 Å². The van der Waals surface area contributed by atoms with E-state index in [1.807, 2.05) is 67.3 Å². The smallest absolute Gasteiger partial charge is 0.254 e. The van der Waals surface area contributed by atoms with Crippen LogP contribution in [0, 0.1) is 0 Å². The van der Waals surface area contributed by atoms with Crippen LogP contribution in [0.2, 0.25) is 0 Å². The second-order valence-corrected chi connectivity index (χ2v) is 6.60. The fourth-order valence-electron chi connectivity index (χ4n) is 3.17. The zero-order valence-corrected chi connectivity index (χ0v) is 15.5. The van der Waals surface area contributed by atoms with E-state index in [1.54, 1.807) is 7.11 Å². The summed E-state index contributed by atoms with van der Waals surface area (Å²) in [5.41, 5.74) is 1.68. The summed E-state index contributed by atoms with van der Waals surface area (Å²) >= 11 is 0. The van der Waals surface area contributed by atoms with Crippen molar-refractivity contribution in [1.82, 2.24) is 4.90 Å². The van der Waals surface area contributed by atoms with E-state index in [1.165, 1.54) is 0 Å². The molecule has 0 bridgehead atoms.